The van der Waals surface area contributed by atoms with E-state index in [1.54, 1.807) is 44.2 Å². The lowest BCUT2D eigenvalue weighted by Crippen LogP contribution is -2.53. The van der Waals surface area contributed by atoms with Gasteiger partial charge in [-0.15, -0.1) is 0 Å². The molecule has 0 spiro atoms. The Morgan fingerprint density at radius 2 is 1.96 bits per heavy atom. The van der Waals surface area contributed by atoms with Crippen LogP contribution in [-0.2, 0) is 29.0 Å². The molecule has 0 unspecified atom stereocenters. The van der Waals surface area contributed by atoms with Crippen LogP contribution in [0.25, 0.3) is 0 Å². The first-order valence-electron chi connectivity index (χ1n) is 8.64. The van der Waals surface area contributed by atoms with Crippen LogP contribution < -0.4 is 0 Å². The average Bonchev–Trinajstić information content (AvgIpc) is 2.87. The Morgan fingerprint density at radius 3 is 2.58 bits per heavy atom. The molecule has 1 aromatic rings. The van der Waals surface area contributed by atoms with Gasteiger partial charge in [-0.1, -0.05) is 25.1 Å². The van der Waals surface area contributed by atoms with Gasteiger partial charge in [0.2, 0.25) is 10.0 Å². The maximum atomic E-state index is 13.3. The van der Waals surface area contributed by atoms with Gasteiger partial charge in [0.25, 0.3) is 0 Å². The summed E-state index contributed by atoms with van der Waals surface area (Å²) < 4.78 is 44.6. The molecule has 2 aliphatic rings. The fraction of sp³-hybridized carbons (Fsp3) is 0.611. The standard InChI is InChI=1S/C18H25NO6S/c1-12-14(10-16(20)23-4)19(15-11-24-18(2,3)25-17(12)15)26(21,22)13-8-6-5-7-9-13/h5-9,12,14-15,17H,10-11H2,1-4H3/t12-,14+,15-,17-/m1/s1. The molecule has 2 saturated heterocycles. The van der Waals surface area contributed by atoms with E-state index in [0.717, 1.165) is 0 Å². The highest BCUT2D eigenvalue weighted by Crippen LogP contribution is 2.42. The van der Waals surface area contributed by atoms with Gasteiger partial charge in [-0.2, -0.15) is 4.31 Å². The molecule has 0 N–H and O–H groups in total. The Morgan fingerprint density at radius 1 is 1.31 bits per heavy atom. The zero-order valence-corrected chi connectivity index (χ0v) is 16.2. The smallest absolute Gasteiger partial charge is 0.307 e. The number of hydrogen-bond donors (Lipinski definition) is 0. The second kappa shape index (κ2) is 6.92. The summed E-state index contributed by atoms with van der Waals surface area (Å²) in [7, 11) is -2.52. The number of hydrogen-bond acceptors (Lipinski definition) is 6. The number of carbonyl (C=O) groups is 1. The van der Waals surface area contributed by atoms with Crippen LogP contribution in [-0.4, -0.2) is 56.4 Å². The highest BCUT2D eigenvalue weighted by atomic mass is 32.2. The van der Waals surface area contributed by atoms with Gasteiger partial charge >= 0.3 is 5.97 Å². The van der Waals surface area contributed by atoms with Gasteiger partial charge < -0.3 is 14.2 Å². The molecule has 0 aromatic heterocycles. The summed E-state index contributed by atoms with van der Waals surface area (Å²) in [5.41, 5.74) is 0. The van der Waals surface area contributed by atoms with E-state index in [9.17, 15) is 13.2 Å². The monoisotopic (exact) mass is 383 g/mol. The predicted octanol–water partition coefficient (Wildman–Crippen LogP) is 1.78. The van der Waals surface area contributed by atoms with E-state index in [1.807, 2.05) is 6.92 Å². The molecule has 2 heterocycles. The van der Waals surface area contributed by atoms with Crippen molar-refractivity contribution in [3.8, 4) is 0 Å². The minimum absolute atomic E-state index is 0.0273. The fourth-order valence-electron chi connectivity index (χ4n) is 3.79. The lowest BCUT2D eigenvalue weighted by atomic mass is 9.95. The van der Waals surface area contributed by atoms with E-state index in [-0.39, 0.29) is 29.9 Å². The van der Waals surface area contributed by atoms with E-state index in [0.29, 0.717) is 0 Å². The van der Waals surface area contributed by atoms with Crippen LogP contribution in [0.4, 0.5) is 0 Å². The van der Waals surface area contributed by atoms with Gasteiger partial charge in [-0.25, -0.2) is 8.42 Å². The molecule has 1 aromatic carbocycles. The van der Waals surface area contributed by atoms with Gasteiger partial charge in [0.15, 0.2) is 5.79 Å². The average molecular weight is 383 g/mol. The number of carbonyl (C=O) groups excluding carboxylic acids is 1. The molecule has 26 heavy (non-hydrogen) atoms. The predicted molar refractivity (Wildman–Crippen MR) is 93.7 cm³/mol. The van der Waals surface area contributed by atoms with Gasteiger partial charge in [0.1, 0.15) is 0 Å². The van der Waals surface area contributed by atoms with Crippen molar-refractivity contribution < 1.29 is 27.4 Å². The minimum atomic E-state index is -3.82. The van der Waals surface area contributed by atoms with E-state index in [1.165, 1.54) is 11.4 Å². The van der Waals surface area contributed by atoms with Crippen LogP contribution in [0.2, 0.25) is 0 Å². The summed E-state index contributed by atoms with van der Waals surface area (Å²) in [5.74, 6) is -1.42. The maximum Gasteiger partial charge on any atom is 0.307 e. The quantitative estimate of drug-likeness (QED) is 0.737. The molecule has 2 fully saturated rings. The van der Waals surface area contributed by atoms with Crippen LogP contribution in [0.15, 0.2) is 35.2 Å². The normalized spacial score (nSPS) is 31.4. The molecule has 8 heteroatoms. The number of nitrogens with zero attached hydrogens (tertiary/aromatic N) is 1. The molecule has 2 aliphatic heterocycles. The highest BCUT2D eigenvalue weighted by Gasteiger charge is 2.56. The highest BCUT2D eigenvalue weighted by molar-refractivity contribution is 7.89. The first-order valence-corrected chi connectivity index (χ1v) is 10.1. The van der Waals surface area contributed by atoms with Crippen LogP contribution in [0.5, 0.6) is 0 Å². The Labute approximate surface area is 154 Å². The zero-order chi connectivity index (χ0) is 19.1. The number of rotatable bonds is 4. The number of methoxy groups -OCH3 is 1. The first-order chi connectivity index (χ1) is 12.2. The van der Waals surface area contributed by atoms with Crippen molar-refractivity contribution in [2.45, 2.75) is 56.1 Å². The van der Waals surface area contributed by atoms with Crippen molar-refractivity contribution in [2.75, 3.05) is 13.7 Å². The Bertz CT molecular complexity index is 763. The largest absolute Gasteiger partial charge is 0.469 e. The molecular weight excluding hydrogens is 358 g/mol. The van der Waals surface area contributed by atoms with E-state index < -0.39 is 33.9 Å². The topological polar surface area (TPSA) is 82.1 Å². The lowest BCUT2D eigenvalue weighted by molar-refractivity contribution is -0.285. The van der Waals surface area contributed by atoms with Crippen molar-refractivity contribution in [2.24, 2.45) is 5.92 Å². The molecule has 0 saturated carbocycles. The van der Waals surface area contributed by atoms with E-state index in [4.69, 9.17) is 14.2 Å². The summed E-state index contributed by atoms with van der Waals surface area (Å²) in [6, 6.07) is 7.17. The third kappa shape index (κ3) is 3.38. The first kappa shape index (κ1) is 19.3. The second-order valence-corrected chi connectivity index (χ2v) is 9.06. The molecule has 7 nitrogen and oxygen atoms in total. The van der Waals surface area contributed by atoms with Crippen LogP contribution in [0, 0.1) is 5.92 Å². The van der Waals surface area contributed by atoms with Crippen molar-refractivity contribution in [1.82, 2.24) is 4.31 Å². The van der Waals surface area contributed by atoms with Crippen molar-refractivity contribution in [1.29, 1.82) is 0 Å². The summed E-state index contributed by atoms with van der Waals surface area (Å²) >= 11 is 0. The Kier molecular flexibility index (Phi) is 5.13. The van der Waals surface area contributed by atoms with Crippen molar-refractivity contribution >= 4 is 16.0 Å². The Hall–Kier alpha value is -1.48. The van der Waals surface area contributed by atoms with E-state index >= 15 is 0 Å². The molecule has 0 radical (unpaired) electrons. The Balaban J connectivity index is 2.02. The van der Waals surface area contributed by atoms with Gasteiger partial charge in [0, 0.05) is 12.0 Å². The van der Waals surface area contributed by atoms with Crippen molar-refractivity contribution in [3.63, 3.8) is 0 Å². The third-order valence-electron chi connectivity index (χ3n) is 5.10. The van der Waals surface area contributed by atoms with Gasteiger partial charge in [0.05, 0.1) is 37.2 Å². The molecule has 0 bridgehead atoms. The van der Waals surface area contributed by atoms with Gasteiger partial charge in [-0.3, -0.25) is 4.79 Å². The molecular formula is C18H25NO6S. The molecule has 4 atom stereocenters. The number of esters is 1. The second-order valence-electron chi connectivity index (χ2n) is 7.22. The summed E-state index contributed by atoms with van der Waals surface area (Å²) in [4.78, 5) is 12.1. The molecule has 0 aliphatic carbocycles. The number of sulfonamides is 1. The molecule has 3 rings (SSSR count). The zero-order valence-electron chi connectivity index (χ0n) is 15.4. The summed E-state index contributed by atoms with van der Waals surface area (Å²) in [6.07, 6.45) is -0.382. The van der Waals surface area contributed by atoms with Crippen molar-refractivity contribution in [3.05, 3.63) is 30.3 Å². The lowest BCUT2D eigenvalue weighted by Gasteiger charge is -2.40. The molecule has 144 valence electrons. The third-order valence-corrected chi connectivity index (χ3v) is 7.07. The van der Waals surface area contributed by atoms with Crippen LogP contribution in [0.1, 0.15) is 27.2 Å². The van der Waals surface area contributed by atoms with E-state index in [2.05, 4.69) is 0 Å². The minimum Gasteiger partial charge on any atom is -0.469 e. The number of benzene rings is 1. The summed E-state index contributed by atoms with van der Waals surface area (Å²) in [6.45, 7) is 5.73. The van der Waals surface area contributed by atoms with Crippen LogP contribution in [0.3, 0.4) is 0 Å². The SMILES string of the molecule is COC(=O)C[C@H]1[C@@H](C)[C@H]2OC(C)(C)OC[C@H]2N1S(=O)(=O)c1ccccc1. The number of fused-ring (bicyclic) bond motifs is 1. The number of ether oxygens (including phenoxy) is 3. The molecule has 0 amide bonds. The van der Waals surface area contributed by atoms with Gasteiger partial charge in [-0.05, 0) is 26.0 Å². The summed E-state index contributed by atoms with van der Waals surface area (Å²) in [5, 5.41) is 0. The fourth-order valence-corrected chi connectivity index (χ4v) is 5.70. The van der Waals surface area contributed by atoms with Crippen LogP contribution >= 0.6 is 0 Å². The maximum absolute atomic E-state index is 13.3.